The lowest BCUT2D eigenvalue weighted by Crippen LogP contribution is -2.31. The van der Waals surface area contributed by atoms with Gasteiger partial charge in [-0.1, -0.05) is 19.3 Å². The molecule has 22 heavy (non-hydrogen) atoms. The summed E-state index contributed by atoms with van der Waals surface area (Å²) in [6, 6.07) is 4.28. The van der Waals surface area contributed by atoms with Crippen molar-refractivity contribution in [1.82, 2.24) is 15.0 Å². The van der Waals surface area contributed by atoms with E-state index in [1.54, 1.807) is 6.20 Å². The number of hydrogen-bond donors (Lipinski definition) is 1. The molecule has 2 fully saturated rings. The van der Waals surface area contributed by atoms with Crippen molar-refractivity contribution in [3.05, 3.63) is 24.2 Å². The van der Waals surface area contributed by atoms with Gasteiger partial charge in [-0.2, -0.15) is 0 Å². The minimum Gasteiger partial charge on any atom is -0.373 e. The molecule has 0 aromatic carbocycles. The average molecular weight is 298 g/mol. The predicted molar refractivity (Wildman–Crippen MR) is 85.9 cm³/mol. The van der Waals surface area contributed by atoms with E-state index in [0.717, 1.165) is 35.7 Å². The molecular formula is C17H22N4O. The molecule has 116 valence electrons. The summed E-state index contributed by atoms with van der Waals surface area (Å²) < 4.78 is 6.19. The predicted octanol–water partition coefficient (Wildman–Crippen LogP) is 3.24. The fourth-order valence-corrected chi connectivity index (χ4v) is 3.86. The molecule has 1 saturated heterocycles. The molecule has 0 amide bonds. The van der Waals surface area contributed by atoms with Gasteiger partial charge in [-0.05, 0) is 38.3 Å². The molecule has 3 heterocycles. The lowest BCUT2D eigenvalue weighted by Gasteiger charge is -2.32. The quantitative estimate of drug-likeness (QED) is 0.922. The highest BCUT2D eigenvalue weighted by Crippen LogP contribution is 2.40. The van der Waals surface area contributed by atoms with Crippen LogP contribution in [0.3, 0.4) is 0 Å². The molecule has 1 N–H and O–H groups in total. The van der Waals surface area contributed by atoms with E-state index in [9.17, 15) is 0 Å². The Balaban J connectivity index is 1.57. The lowest BCUT2D eigenvalue weighted by atomic mass is 9.82. The second-order valence-corrected chi connectivity index (χ2v) is 6.59. The number of aromatic nitrogens is 3. The maximum atomic E-state index is 6.19. The molecule has 1 aliphatic carbocycles. The summed E-state index contributed by atoms with van der Waals surface area (Å²) in [5.74, 6) is 1.64. The van der Waals surface area contributed by atoms with E-state index in [1.807, 2.05) is 19.1 Å². The third kappa shape index (κ3) is 2.54. The zero-order chi connectivity index (χ0) is 15.0. The van der Waals surface area contributed by atoms with Gasteiger partial charge in [0.2, 0.25) is 0 Å². The third-order valence-corrected chi connectivity index (χ3v) is 4.90. The second-order valence-electron chi connectivity index (χ2n) is 6.59. The molecule has 1 aliphatic heterocycles. The first-order valence-electron chi connectivity index (χ1n) is 8.24. The van der Waals surface area contributed by atoms with Crippen molar-refractivity contribution in [1.29, 1.82) is 0 Å². The molecule has 2 aromatic rings. The largest absolute Gasteiger partial charge is 0.373 e. The van der Waals surface area contributed by atoms with Gasteiger partial charge >= 0.3 is 0 Å². The zero-order valence-corrected chi connectivity index (χ0v) is 13.0. The first-order chi connectivity index (χ1) is 10.7. The van der Waals surface area contributed by atoms with Gasteiger partial charge in [-0.25, -0.2) is 15.0 Å². The minimum absolute atomic E-state index is 0.117. The van der Waals surface area contributed by atoms with Crippen molar-refractivity contribution in [3.63, 3.8) is 0 Å². The standard InChI is InChI=1S/C17H22N4O/c1-12-19-15-14(6-5-9-18-15)16(20-12)21-13-10-17(22-11-13)7-3-2-4-8-17/h5-6,9,13H,2-4,7-8,10-11H2,1H3,(H,18,19,20,21). The second kappa shape index (κ2) is 5.47. The molecule has 1 saturated carbocycles. The highest BCUT2D eigenvalue weighted by Gasteiger charge is 2.41. The summed E-state index contributed by atoms with van der Waals surface area (Å²) in [5, 5.41) is 4.56. The Bertz CT molecular complexity index is 681. The third-order valence-electron chi connectivity index (χ3n) is 4.90. The SMILES string of the molecule is Cc1nc(NC2COC3(CCCCC3)C2)c2cccnc2n1. The Hall–Kier alpha value is -1.75. The van der Waals surface area contributed by atoms with Crippen LogP contribution < -0.4 is 5.32 Å². The Labute approximate surface area is 130 Å². The van der Waals surface area contributed by atoms with E-state index in [-0.39, 0.29) is 5.60 Å². The van der Waals surface area contributed by atoms with Crippen LogP contribution in [-0.4, -0.2) is 33.2 Å². The van der Waals surface area contributed by atoms with E-state index in [1.165, 1.54) is 32.1 Å². The molecule has 0 radical (unpaired) electrons. The number of nitrogens with one attached hydrogen (secondary N) is 1. The van der Waals surface area contributed by atoms with Gasteiger partial charge < -0.3 is 10.1 Å². The van der Waals surface area contributed by atoms with Gasteiger partial charge in [0.25, 0.3) is 0 Å². The molecule has 1 atom stereocenters. The zero-order valence-electron chi connectivity index (χ0n) is 13.0. The van der Waals surface area contributed by atoms with Crippen LogP contribution in [0, 0.1) is 6.92 Å². The average Bonchev–Trinajstić information content (AvgIpc) is 2.90. The fourth-order valence-electron chi connectivity index (χ4n) is 3.86. The fraction of sp³-hybridized carbons (Fsp3) is 0.588. The van der Waals surface area contributed by atoms with Crippen LogP contribution in [0.25, 0.3) is 11.0 Å². The normalized spacial score (nSPS) is 24.0. The maximum Gasteiger partial charge on any atom is 0.164 e. The van der Waals surface area contributed by atoms with Gasteiger partial charge in [0.15, 0.2) is 5.65 Å². The maximum absolute atomic E-state index is 6.19. The summed E-state index contributed by atoms with van der Waals surface area (Å²) in [6.45, 7) is 2.68. The van der Waals surface area contributed by atoms with Crippen LogP contribution in [0.4, 0.5) is 5.82 Å². The highest BCUT2D eigenvalue weighted by molar-refractivity contribution is 5.86. The van der Waals surface area contributed by atoms with Crippen molar-refractivity contribution in [2.75, 3.05) is 11.9 Å². The number of aryl methyl sites for hydroxylation is 1. The number of pyridine rings is 1. The minimum atomic E-state index is 0.117. The molecular weight excluding hydrogens is 276 g/mol. The van der Waals surface area contributed by atoms with E-state index in [4.69, 9.17) is 4.74 Å². The van der Waals surface area contributed by atoms with Crippen molar-refractivity contribution in [2.24, 2.45) is 0 Å². The van der Waals surface area contributed by atoms with Crippen LogP contribution >= 0.6 is 0 Å². The van der Waals surface area contributed by atoms with Crippen molar-refractivity contribution in [2.45, 2.75) is 57.1 Å². The lowest BCUT2D eigenvalue weighted by molar-refractivity contribution is -0.0244. The number of ether oxygens (including phenoxy) is 1. The number of nitrogens with zero attached hydrogens (tertiary/aromatic N) is 3. The number of anilines is 1. The molecule has 1 unspecified atom stereocenters. The van der Waals surface area contributed by atoms with Crippen molar-refractivity contribution in [3.8, 4) is 0 Å². The molecule has 2 aromatic heterocycles. The number of fused-ring (bicyclic) bond motifs is 1. The van der Waals surface area contributed by atoms with E-state index < -0.39 is 0 Å². The van der Waals surface area contributed by atoms with Crippen molar-refractivity contribution >= 4 is 16.9 Å². The first-order valence-corrected chi connectivity index (χ1v) is 8.24. The van der Waals surface area contributed by atoms with Crippen LogP contribution in [0.15, 0.2) is 18.3 Å². The number of rotatable bonds is 2. The van der Waals surface area contributed by atoms with Gasteiger partial charge in [-0.3, -0.25) is 0 Å². The molecule has 5 heteroatoms. The highest BCUT2D eigenvalue weighted by atomic mass is 16.5. The summed E-state index contributed by atoms with van der Waals surface area (Å²) in [5.41, 5.74) is 0.871. The smallest absolute Gasteiger partial charge is 0.164 e. The van der Waals surface area contributed by atoms with Gasteiger partial charge in [0.05, 0.1) is 23.6 Å². The van der Waals surface area contributed by atoms with Gasteiger partial charge in [0.1, 0.15) is 11.6 Å². The monoisotopic (exact) mass is 298 g/mol. The molecule has 5 nitrogen and oxygen atoms in total. The first kappa shape index (κ1) is 13.9. The molecule has 2 aliphatic rings. The summed E-state index contributed by atoms with van der Waals surface area (Å²) >= 11 is 0. The Morgan fingerprint density at radius 3 is 2.95 bits per heavy atom. The Morgan fingerprint density at radius 2 is 2.09 bits per heavy atom. The molecule has 0 bridgehead atoms. The number of hydrogen-bond acceptors (Lipinski definition) is 5. The van der Waals surface area contributed by atoms with Crippen LogP contribution in [0.2, 0.25) is 0 Å². The topological polar surface area (TPSA) is 59.9 Å². The van der Waals surface area contributed by atoms with E-state index in [0.29, 0.717) is 6.04 Å². The molecule has 1 spiro atoms. The summed E-state index contributed by atoms with van der Waals surface area (Å²) in [4.78, 5) is 13.3. The Kier molecular flexibility index (Phi) is 3.45. The summed E-state index contributed by atoms with van der Waals surface area (Å²) in [7, 11) is 0. The van der Waals surface area contributed by atoms with Crippen LogP contribution in [-0.2, 0) is 4.74 Å². The summed E-state index contributed by atoms with van der Waals surface area (Å²) in [6.07, 6.45) is 9.21. The van der Waals surface area contributed by atoms with E-state index >= 15 is 0 Å². The van der Waals surface area contributed by atoms with E-state index in [2.05, 4.69) is 20.3 Å². The Morgan fingerprint density at radius 1 is 1.23 bits per heavy atom. The van der Waals surface area contributed by atoms with Gasteiger partial charge in [0, 0.05) is 6.20 Å². The van der Waals surface area contributed by atoms with Gasteiger partial charge in [-0.15, -0.1) is 0 Å². The van der Waals surface area contributed by atoms with Crippen molar-refractivity contribution < 1.29 is 4.74 Å². The molecule has 4 rings (SSSR count). The van der Waals surface area contributed by atoms with Crippen LogP contribution in [0.1, 0.15) is 44.3 Å². The van der Waals surface area contributed by atoms with Crippen LogP contribution in [0.5, 0.6) is 0 Å².